The van der Waals surface area contributed by atoms with E-state index < -0.39 is 0 Å². The van der Waals surface area contributed by atoms with Crippen molar-refractivity contribution in [3.8, 4) is 39.1 Å². The summed E-state index contributed by atoms with van der Waals surface area (Å²) < 4.78 is 6.20. The molecule has 0 saturated carbocycles. The minimum absolute atomic E-state index is 0.117. The van der Waals surface area contributed by atoms with Gasteiger partial charge in [0.2, 0.25) is 0 Å². The second-order valence-corrected chi connectivity index (χ2v) is 14.0. The minimum atomic E-state index is -0.117. The Labute approximate surface area is 300 Å². The molecule has 0 aromatic heterocycles. The number of fused-ring (bicyclic) bond motifs is 5. The molecule has 0 bridgehead atoms. The van der Waals surface area contributed by atoms with Crippen LogP contribution >= 0.6 is 0 Å². The molecule has 2 aliphatic rings. The molecule has 7 aromatic rings. The molecule has 9 rings (SSSR count). The van der Waals surface area contributed by atoms with E-state index in [-0.39, 0.29) is 5.41 Å². The highest BCUT2D eigenvalue weighted by molar-refractivity contribution is 6.05. The van der Waals surface area contributed by atoms with Crippen LogP contribution in [0.3, 0.4) is 0 Å². The second kappa shape index (κ2) is 12.6. The molecular formula is C49H39NO. The lowest BCUT2D eigenvalue weighted by Gasteiger charge is -2.30. The van der Waals surface area contributed by atoms with Crippen LogP contribution in [0.15, 0.2) is 176 Å². The monoisotopic (exact) mass is 657 g/mol. The molecule has 7 aromatic carbocycles. The molecule has 2 heteroatoms. The van der Waals surface area contributed by atoms with Gasteiger partial charge in [-0.05, 0) is 110 Å². The molecular weight excluding hydrogens is 619 g/mol. The first kappa shape index (κ1) is 30.9. The van der Waals surface area contributed by atoms with Gasteiger partial charge < -0.3 is 9.64 Å². The Hall–Kier alpha value is -6.12. The van der Waals surface area contributed by atoms with Crippen LogP contribution in [0.2, 0.25) is 0 Å². The maximum absolute atomic E-state index is 6.20. The number of nitrogens with zero attached hydrogens (tertiary/aromatic N) is 1. The van der Waals surface area contributed by atoms with Crippen molar-refractivity contribution in [1.82, 2.24) is 0 Å². The SMILES string of the molecule is CC1(C)c2ccccc2-c2ccc(N(c3ccc(-c4ccccc4)cc3)c3ccc4ccccc4c3-c3ccc4c(c3)C/C=C\C=C/CO4)cc21. The molecule has 51 heavy (non-hydrogen) atoms. The first-order chi connectivity index (χ1) is 25.1. The zero-order valence-electron chi connectivity index (χ0n) is 29.0. The number of hydrogen-bond acceptors (Lipinski definition) is 2. The van der Waals surface area contributed by atoms with Crippen LogP contribution < -0.4 is 9.64 Å². The van der Waals surface area contributed by atoms with Gasteiger partial charge in [0.25, 0.3) is 0 Å². The van der Waals surface area contributed by atoms with Crippen LogP contribution in [-0.2, 0) is 11.8 Å². The number of benzene rings is 7. The standard InChI is InChI=1S/C49H39NO/c1-49(2)44-20-12-11-19-42(44)43-28-27-40(33-45(43)49)50(39-25-21-35(22-26-39)34-14-7-5-8-15-34)46-29-23-36-16-9-10-18-41(36)48(46)38-24-30-47-37(32-38)17-6-3-4-13-31-51-47/h3-16,18-30,32-33H,17,31H2,1-2H3/b6-3-,13-4-. The van der Waals surface area contributed by atoms with Crippen LogP contribution in [0.1, 0.15) is 30.5 Å². The Kier molecular flexibility index (Phi) is 7.66. The summed E-state index contributed by atoms with van der Waals surface area (Å²) in [6.45, 7) is 5.27. The Balaban J connectivity index is 1.27. The van der Waals surface area contributed by atoms with Crippen molar-refractivity contribution in [2.24, 2.45) is 0 Å². The van der Waals surface area contributed by atoms with Crippen molar-refractivity contribution in [2.45, 2.75) is 25.7 Å². The van der Waals surface area contributed by atoms with Crippen molar-refractivity contribution >= 4 is 27.8 Å². The second-order valence-electron chi connectivity index (χ2n) is 14.0. The van der Waals surface area contributed by atoms with E-state index in [0.29, 0.717) is 6.61 Å². The Bertz CT molecular complexity index is 2470. The lowest BCUT2D eigenvalue weighted by molar-refractivity contribution is 0.360. The third-order valence-corrected chi connectivity index (χ3v) is 10.6. The van der Waals surface area contributed by atoms with Crippen LogP contribution in [0.5, 0.6) is 5.75 Å². The molecule has 0 unspecified atom stereocenters. The first-order valence-electron chi connectivity index (χ1n) is 17.9. The molecule has 0 atom stereocenters. The Morgan fingerprint density at radius 3 is 2.14 bits per heavy atom. The summed E-state index contributed by atoms with van der Waals surface area (Å²) in [5.74, 6) is 0.936. The average molecular weight is 658 g/mol. The van der Waals surface area contributed by atoms with Crippen LogP contribution in [0.4, 0.5) is 17.1 Å². The van der Waals surface area contributed by atoms with Gasteiger partial charge in [-0.25, -0.2) is 0 Å². The summed E-state index contributed by atoms with van der Waals surface area (Å²) >= 11 is 0. The molecule has 2 nitrogen and oxygen atoms in total. The fourth-order valence-corrected chi connectivity index (χ4v) is 8.02. The molecule has 0 N–H and O–H groups in total. The largest absolute Gasteiger partial charge is 0.489 e. The maximum atomic E-state index is 6.20. The summed E-state index contributed by atoms with van der Waals surface area (Å²) in [5, 5.41) is 2.43. The van der Waals surface area contributed by atoms with E-state index in [0.717, 1.165) is 29.2 Å². The number of allylic oxidation sites excluding steroid dienone is 3. The molecule has 0 fully saturated rings. The highest BCUT2D eigenvalue weighted by atomic mass is 16.5. The Morgan fingerprint density at radius 1 is 0.549 bits per heavy atom. The lowest BCUT2D eigenvalue weighted by atomic mass is 9.82. The van der Waals surface area contributed by atoms with E-state index >= 15 is 0 Å². The average Bonchev–Trinajstić information content (AvgIpc) is 3.47. The normalized spacial score (nSPS) is 15.3. The van der Waals surface area contributed by atoms with Gasteiger partial charge in [0.1, 0.15) is 12.4 Å². The zero-order valence-corrected chi connectivity index (χ0v) is 29.0. The van der Waals surface area contributed by atoms with Crippen molar-refractivity contribution in [2.75, 3.05) is 11.5 Å². The van der Waals surface area contributed by atoms with Crippen molar-refractivity contribution in [3.63, 3.8) is 0 Å². The van der Waals surface area contributed by atoms with Crippen molar-refractivity contribution in [3.05, 3.63) is 193 Å². The molecule has 1 aliphatic heterocycles. The van der Waals surface area contributed by atoms with Gasteiger partial charge in [-0.2, -0.15) is 0 Å². The minimum Gasteiger partial charge on any atom is -0.489 e. The lowest BCUT2D eigenvalue weighted by Crippen LogP contribution is -2.17. The van der Waals surface area contributed by atoms with Gasteiger partial charge in [-0.3, -0.25) is 0 Å². The molecule has 0 spiro atoms. The quantitative estimate of drug-likeness (QED) is 0.183. The fraction of sp³-hybridized carbons (Fsp3) is 0.102. The van der Waals surface area contributed by atoms with Crippen LogP contribution in [-0.4, -0.2) is 6.61 Å². The smallest absolute Gasteiger partial charge is 0.123 e. The van der Waals surface area contributed by atoms with Gasteiger partial charge in [-0.1, -0.05) is 141 Å². The Morgan fingerprint density at radius 2 is 1.25 bits per heavy atom. The molecule has 0 radical (unpaired) electrons. The van der Waals surface area contributed by atoms with Gasteiger partial charge in [-0.15, -0.1) is 0 Å². The molecule has 1 heterocycles. The van der Waals surface area contributed by atoms with Gasteiger partial charge in [0.05, 0.1) is 5.69 Å². The van der Waals surface area contributed by atoms with Gasteiger partial charge in [0.15, 0.2) is 0 Å². The van der Waals surface area contributed by atoms with E-state index in [9.17, 15) is 0 Å². The van der Waals surface area contributed by atoms with Crippen molar-refractivity contribution in [1.29, 1.82) is 0 Å². The summed E-state index contributed by atoms with van der Waals surface area (Å²) in [5.41, 5.74) is 14.6. The predicted octanol–water partition coefficient (Wildman–Crippen LogP) is 13.0. The molecule has 0 amide bonds. The zero-order chi connectivity index (χ0) is 34.4. The topological polar surface area (TPSA) is 12.5 Å². The number of anilines is 3. The first-order valence-corrected chi connectivity index (χ1v) is 17.9. The van der Waals surface area contributed by atoms with Crippen molar-refractivity contribution < 1.29 is 4.74 Å². The summed E-state index contributed by atoms with van der Waals surface area (Å²) in [6.07, 6.45) is 9.25. The van der Waals surface area contributed by atoms with E-state index in [1.165, 1.54) is 60.8 Å². The highest BCUT2D eigenvalue weighted by Crippen LogP contribution is 2.52. The van der Waals surface area contributed by atoms with Crippen LogP contribution in [0, 0.1) is 0 Å². The van der Waals surface area contributed by atoms with Gasteiger partial charge >= 0.3 is 0 Å². The summed E-state index contributed by atoms with van der Waals surface area (Å²) in [4.78, 5) is 2.46. The summed E-state index contributed by atoms with van der Waals surface area (Å²) in [7, 11) is 0. The third kappa shape index (κ3) is 5.45. The molecule has 1 aliphatic carbocycles. The summed E-state index contributed by atoms with van der Waals surface area (Å²) in [6, 6.07) is 55.6. The highest BCUT2D eigenvalue weighted by Gasteiger charge is 2.36. The van der Waals surface area contributed by atoms with Crippen LogP contribution in [0.25, 0.3) is 44.2 Å². The maximum Gasteiger partial charge on any atom is 0.123 e. The van der Waals surface area contributed by atoms with E-state index in [4.69, 9.17) is 4.74 Å². The fourth-order valence-electron chi connectivity index (χ4n) is 8.02. The third-order valence-electron chi connectivity index (χ3n) is 10.6. The van der Waals surface area contributed by atoms with Gasteiger partial charge in [0, 0.05) is 22.4 Å². The molecule has 246 valence electrons. The number of ether oxygens (including phenoxy) is 1. The number of hydrogen-bond donors (Lipinski definition) is 0. The molecule has 0 saturated heterocycles. The van der Waals surface area contributed by atoms with E-state index in [1.54, 1.807) is 0 Å². The number of rotatable bonds is 5. The predicted molar refractivity (Wildman–Crippen MR) is 215 cm³/mol. The van der Waals surface area contributed by atoms with E-state index in [2.05, 4.69) is 195 Å². The van der Waals surface area contributed by atoms with E-state index in [1.807, 2.05) is 0 Å².